The standard InChI is InChI=1S/C7H11N3O/c1-2-3-11-6-10-5-7(8)4-9-10/h2,4-5H,1,3,6,8H2. The summed E-state index contributed by atoms with van der Waals surface area (Å²) in [6.07, 6.45) is 4.98. The van der Waals surface area contributed by atoms with Crippen LogP contribution >= 0.6 is 0 Å². The number of ether oxygens (including phenoxy) is 1. The highest BCUT2D eigenvalue weighted by atomic mass is 16.5. The van der Waals surface area contributed by atoms with Gasteiger partial charge in [-0.25, -0.2) is 4.68 Å². The summed E-state index contributed by atoms with van der Waals surface area (Å²) in [7, 11) is 0. The zero-order valence-electron chi connectivity index (χ0n) is 6.23. The third kappa shape index (κ3) is 2.43. The van der Waals surface area contributed by atoms with Crippen LogP contribution in [-0.2, 0) is 11.5 Å². The van der Waals surface area contributed by atoms with Crippen LogP contribution in [-0.4, -0.2) is 16.4 Å². The lowest BCUT2D eigenvalue weighted by Gasteiger charge is -1.99. The van der Waals surface area contributed by atoms with Crippen molar-refractivity contribution in [2.24, 2.45) is 0 Å². The number of hydrogen-bond acceptors (Lipinski definition) is 3. The number of hydrogen-bond donors (Lipinski definition) is 1. The topological polar surface area (TPSA) is 53.1 Å². The molecule has 0 saturated carbocycles. The molecule has 1 aromatic rings. The maximum Gasteiger partial charge on any atom is 0.139 e. The molecule has 1 heterocycles. The van der Waals surface area contributed by atoms with E-state index in [1.807, 2.05) is 0 Å². The van der Waals surface area contributed by atoms with Crippen LogP contribution in [0.2, 0.25) is 0 Å². The fourth-order valence-electron chi connectivity index (χ4n) is 0.680. The first-order valence-electron chi connectivity index (χ1n) is 3.29. The Kier molecular flexibility index (Phi) is 2.68. The maximum atomic E-state index is 5.42. The van der Waals surface area contributed by atoms with Crippen LogP contribution in [0.1, 0.15) is 0 Å². The van der Waals surface area contributed by atoms with E-state index < -0.39 is 0 Å². The lowest BCUT2D eigenvalue weighted by atomic mass is 10.6. The zero-order valence-corrected chi connectivity index (χ0v) is 6.23. The quantitative estimate of drug-likeness (QED) is 0.509. The summed E-state index contributed by atoms with van der Waals surface area (Å²) in [5, 5.41) is 3.92. The van der Waals surface area contributed by atoms with Crippen molar-refractivity contribution in [3.8, 4) is 0 Å². The summed E-state index contributed by atoms with van der Waals surface area (Å²) >= 11 is 0. The van der Waals surface area contributed by atoms with Gasteiger partial charge in [0.25, 0.3) is 0 Å². The summed E-state index contributed by atoms with van der Waals surface area (Å²) in [6.45, 7) is 4.47. The normalized spacial score (nSPS) is 9.82. The van der Waals surface area contributed by atoms with Gasteiger partial charge >= 0.3 is 0 Å². The monoisotopic (exact) mass is 153 g/mol. The number of rotatable bonds is 4. The van der Waals surface area contributed by atoms with Gasteiger partial charge < -0.3 is 10.5 Å². The lowest BCUT2D eigenvalue weighted by molar-refractivity contribution is 0.0912. The van der Waals surface area contributed by atoms with Crippen molar-refractivity contribution >= 4 is 5.69 Å². The first kappa shape index (κ1) is 7.81. The van der Waals surface area contributed by atoms with Crippen molar-refractivity contribution in [3.05, 3.63) is 25.0 Å². The van der Waals surface area contributed by atoms with Crippen molar-refractivity contribution in [1.82, 2.24) is 9.78 Å². The molecular weight excluding hydrogens is 142 g/mol. The van der Waals surface area contributed by atoms with Crippen LogP contribution in [0.3, 0.4) is 0 Å². The Hall–Kier alpha value is -1.29. The molecule has 0 saturated heterocycles. The third-order valence-corrected chi connectivity index (χ3v) is 1.11. The molecule has 0 aromatic carbocycles. The van der Waals surface area contributed by atoms with Crippen LogP contribution < -0.4 is 5.73 Å². The molecule has 4 heteroatoms. The van der Waals surface area contributed by atoms with Gasteiger partial charge in [-0.05, 0) is 0 Å². The van der Waals surface area contributed by atoms with Crippen LogP contribution in [0.25, 0.3) is 0 Å². The second-order valence-electron chi connectivity index (χ2n) is 2.10. The molecule has 0 atom stereocenters. The van der Waals surface area contributed by atoms with E-state index in [2.05, 4.69) is 11.7 Å². The van der Waals surface area contributed by atoms with Gasteiger partial charge in [0.15, 0.2) is 0 Å². The Labute approximate surface area is 65.3 Å². The van der Waals surface area contributed by atoms with Gasteiger partial charge in [-0.1, -0.05) is 6.08 Å². The molecule has 2 N–H and O–H groups in total. The highest BCUT2D eigenvalue weighted by Gasteiger charge is 1.91. The van der Waals surface area contributed by atoms with Crippen molar-refractivity contribution < 1.29 is 4.74 Å². The smallest absolute Gasteiger partial charge is 0.139 e. The highest BCUT2D eigenvalue weighted by Crippen LogP contribution is 1.97. The van der Waals surface area contributed by atoms with Crippen molar-refractivity contribution in [2.45, 2.75) is 6.73 Å². The number of nitrogens with zero attached hydrogens (tertiary/aromatic N) is 2. The first-order valence-corrected chi connectivity index (χ1v) is 3.29. The fourth-order valence-corrected chi connectivity index (χ4v) is 0.680. The van der Waals surface area contributed by atoms with Crippen molar-refractivity contribution in [3.63, 3.8) is 0 Å². The second-order valence-corrected chi connectivity index (χ2v) is 2.10. The van der Waals surface area contributed by atoms with E-state index in [1.165, 1.54) is 0 Å². The molecule has 0 radical (unpaired) electrons. The lowest BCUT2D eigenvalue weighted by Crippen LogP contribution is -2.02. The molecule has 0 bridgehead atoms. The highest BCUT2D eigenvalue weighted by molar-refractivity contribution is 5.30. The number of nitrogen functional groups attached to an aromatic ring is 1. The second kappa shape index (κ2) is 3.78. The number of nitrogens with two attached hydrogens (primary N) is 1. The van der Waals surface area contributed by atoms with Gasteiger partial charge in [0.05, 0.1) is 24.7 Å². The Bertz CT molecular complexity index is 231. The minimum atomic E-state index is 0.420. The number of aromatic nitrogens is 2. The number of anilines is 1. The van der Waals surface area contributed by atoms with E-state index in [4.69, 9.17) is 10.5 Å². The van der Waals surface area contributed by atoms with E-state index in [0.29, 0.717) is 19.0 Å². The van der Waals surface area contributed by atoms with Gasteiger partial charge in [-0.15, -0.1) is 6.58 Å². The van der Waals surface area contributed by atoms with Gasteiger partial charge in [-0.2, -0.15) is 5.10 Å². The van der Waals surface area contributed by atoms with Crippen LogP contribution in [0.15, 0.2) is 25.0 Å². The molecule has 0 aliphatic rings. The molecule has 60 valence electrons. The largest absolute Gasteiger partial charge is 0.396 e. The minimum absolute atomic E-state index is 0.420. The van der Waals surface area contributed by atoms with Gasteiger partial charge in [-0.3, -0.25) is 0 Å². The Morgan fingerprint density at radius 3 is 3.18 bits per heavy atom. The minimum Gasteiger partial charge on any atom is -0.396 e. The van der Waals surface area contributed by atoms with Gasteiger partial charge in [0.1, 0.15) is 6.73 Å². The Morgan fingerprint density at radius 1 is 1.82 bits per heavy atom. The maximum absolute atomic E-state index is 5.42. The van der Waals surface area contributed by atoms with Crippen LogP contribution in [0, 0.1) is 0 Å². The SMILES string of the molecule is C=CCOCn1cc(N)cn1. The van der Waals surface area contributed by atoms with E-state index >= 15 is 0 Å². The predicted molar refractivity (Wildman–Crippen MR) is 42.8 cm³/mol. The molecule has 11 heavy (non-hydrogen) atoms. The molecule has 0 unspecified atom stereocenters. The average Bonchev–Trinajstić information content (AvgIpc) is 2.37. The Balaban J connectivity index is 2.32. The molecule has 1 rings (SSSR count). The summed E-state index contributed by atoms with van der Waals surface area (Å²) in [5.41, 5.74) is 6.07. The molecule has 0 spiro atoms. The van der Waals surface area contributed by atoms with E-state index in [9.17, 15) is 0 Å². The Morgan fingerprint density at radius 2 is 2.64 bits per heavy atom. The summed E-state index contributed by atoms with van der Waals surface area (Å²) in [5.74, 6) is 0. The molecule has 0 fully saturated rings. The zero-order chi connectivity index (χ0) is 8.10. The predicted octanol–water partition coefficient (Wildman–Crippen LogP) is 0.625. The van der Waals surface area contributed by atoms with Crippen molar-refractivity contribution in [2.75, 3.05) is 12.3 Å². The van der Waals surface area contributed by atoms with Gasteiger partial charge in [0.2, 0.25) is 0 Å². The molecular formula is C7H11N3O. The summed E-state index contributed by atoms with van der Waals surface area (Å²) in [6, 6.07) is 0. The molecule has 1 aromatic heterocycles. The van der Waals surface area contributed by atoms with Crippen LogP contribution in [0.4, 0.5) is 5.69 Å². The summed E-state index contributed by atoms with van der Waals surface area (Å²) in [4.78, 5) is 0. The van der Waals surface area contributed by atoms with E-state index in [1.54, 1.807) is 23.2 Å². The van der Waals surface area contributed by atoms with E-state index in [0.717, 1.165) is 0 Å². The average molecular weight is 153 g/mol. The van der Waals surface area contributed by atoms with Gasteiger partial charge in [0, 0.05) is 0 Å². The third-order valence-electron chi connectivity index (χ3n) is 1.11. The molecule has 4 nitrogen and oxygen atoms in total. The van der Waals surface area contributed by atoms with Crippen molar-refractivity contribution in [1.29, 1.82) is 0 Å². The fraction of sp³-hybridized carbons (Fsp3) is 0.286. The van der Waals surface area contributed by atoms with Crippen LogP contribution in [0.5, 0.6) is 0 Å². The first-order chi connectivity index (χ1) is 5.33. The van der Waals surface area contributed by atoms with E-state index in [-0.39, 0.29) is 0 Å². The molecule has 0 amide bonds. The molecule has 0 aliphatic carbocycles. The molecule has 0 aliphatic heterocycles. The summed E-state index contributed by atoms with van der Waals surface area (Å²) < 4.78 is 6.73.